The maximum Gasteiger partial charge on any atom is 0.121 e. The van der Waals surface area contributed by atoms with Crippen molar-refractivity contribution in [1.29, 1.82) is 0 Å². The number of para-hydroxylation sites is 2. The molecule has 3 N–H and O–H groups in total. The van der Waals surface area contributed by atoms with Crippen LogP contribution in [0.3, 0.4) is 0 Å². The summed E-state index contributed by atoms with van der Waals surface area (Å²) in [6, 6.07) is 2.60. The molecule has 0 saturated heterocycles. The molecular weight excluding hydrogens is 322 g/mol. The predicted octanol–water partition coefficient (Wildman–Crippen LogP) is 3.58. The molecular formula is C21H27N5. The molecule has 4 rings (SSSR count). The Hall–Kier alpha value is -2.24. The van der Waals surface area contributed by atoms with Crippen LogP contribution >= 0.6 is 0 Å². The van der Waals surface area contributed by atoms with E-state index in [0.29, 0.717) is 49.4 Å². The van der Waals surface area contributed by atoms with Gasteiger partial charge in [-0.25, -0.2) is 4.98 Å². The van der Waals surface area contributed by atoms with Crippen LogP contribution in [0.4, 0.5) is 0 Å². The fourth-order valence-electron chi connectivity index (χ4n) is 3.53. The Morgan fingerprint density at radius 2 is 2.27 bits per heavy atom. The third-order valence-corrected chi connectivity index (χ3v) is 4.76. The van der Waals surface area contributed by atoms with Gasteiger partial charge in [-0.15, -0.1) is 0 Å². The van der Waals surface area contributed by atoms with Crippen LogP contribution in [0, 0.1) is 0 Å². The van der Waals surface area contributed by atoms with Crippen molar-refractivity contribution in [2.24, 2.45) is 5.73 Å². The molecule has 0 amide bonds. The first-order valence-corrected chi connectivity index (χ1v) is 9.09. The number of aromatic nitrogens is 3. The van der Waals surface area contributed by atoms with Crippen molar-refractivity contribution < 1.29 is 8.22 Å². The van der Waals surface area contributed by atoms with Crippen LogP contribution in [-0.2, 0) is 12.9 Å². The number of aryl methyl sites for hydroxylation is 1. The lowest BCUT2D eigenvalue weighted by Gasteiger charge is -2.34. The zero-order valence-corrected chi connectivity index (χ0v) is 14.7. The average Bonchev–Trinajstić information content (AvgIpc) is 3.20. The van der Waals surface area contributed by atoms with Crippen LogP contribution in [-0.4, -0.2) is 32.9 Å². The van der Waals surface area contributed by atoms with Crippen LogP contribution < -0.4 is 5.73 Å². The maximum atomic E-state index is 8.38. The molecule has 0 spiro atoms. The van der Waals surface area contributed by atoms with E-state index in [4.69, 9.17) is 14.0 Å². The van der Waals surface area contributed by atoms with Crippen LogP contribution in [0.5, 0.6) is 0 Å². The summed E-state index contributed by atoms with van der Waals surface area (Å²) in [7, 11) is 0. The van der Waals surface area contributed by atoms with Crippen molar-refractivity contribution in [1.82, 2.24) is 19.9 Å². The van der Waals surface area contributed by atoms with Gasteiger partial charge in [-0.1, -0.05) is 18.2 Å². The van der Waals surface area contributed by atoms with E-state index < -0.39 is 6.37 Å². The molecule has 136 valence electrons. The van der Waals surface area contributed by atoms with Gasteiger partial charge in [0.2, 0.25) is 0 Å². The normalized spacial score (nSPS) is 22.2. The first-order valence-electron chi connectivity index (χ1n) is 12.1. The molecule has 26 heavy (non-hydrogen) atoms. The van der Waals surface area contributed by atoms with Gasteiger partial charge < -0.3 is 10.7 Å². The molecule has 2 aromatic heterocycles. The first kappa shape index (κ1) is 11.5. The standard InChI is InChI=1S/C21H27N5/c22-12-3-4-14-26(15-20-24-17-9-1-2-10-18(17)25-20)19-11-5-7-16-8-6-13-23-21(16)19/h1-2,6,8-10,13,19H,3-5,7,11-12,14-15,22H2,(H,24,25)/t19-/m0/s1/i1D,2D,7D2,9D,10D. The van der Waals surface area contributed by atoms with Crippen molar-refractivity contribution in [3.05, 3.63) is 59.6 Å². The highest BCUT2D eigenvalue weighted by atomic mass is 15.2. The van der Waals surface area contributed by atoms with Gasteiger partial charge in [0.1, 0.15) is 5.82 Å². The predicted molar refractivity (Wildman–Crippen MR) is 105 cm³/mol. The molecule has 2 heterocycles. The molecule has 1 aliphatic carbocycles. The number of imidazole rings is 1. The molecule has 3 aromatic rings. The number of fused-ring (bicyclic) bond motifs is 2. The van der Waals surface area contributed by atoms with Crippen molar-refractivity contribution in [2.75, 3.05) is 13.1 Å². The second-order valence-corrected chi connectivity index (χ2v) is 6.54. The van der Waals surface area contributed by atoms with E-state index in [2.05, 4.69) is 19.9 Å². The summed E-state index contributed by atoms with van der Waals surface area (Å²) in [5.41, 5.74) is 7.57. The quantitative estimate of drug-likeness (QED) is 0.636. The second-order valence-electron chi connectivity index (χ2n) is 6.54. The first-order chi connectivity index (χ1) is 15.2. The number of hydrogen-bond donors (Lipinski definition) is 2. The van der Waals surface area contributed by atoms with Crippen molar-refractivity contribution in [2.45, 2.75) is 44.6 Å². The Kier molecular flexibility index (Phi) is 3.52. The van der Waals surface area contributed by atoms with E-state index in [9.17, 15) is 0 Å². The van der Waals surface area contributed by atoms with Crippen molar-refractivity contribution >= 4 is 11.0 Å². The van der Waals surface area contributed by atoms with Gasteiger partial charge in [0.25, 0.3) is 0 Å². The van der Waals surface area contributed by atoms with Gasteiger partial charge in [-0.2, -0.15) is 0 Å². The summed E-state index contributed by atoms with van der Waals surface area (Å²) in [4.78, 5) is 14.3. The molecule has 5 heteroatoms. The van der Waals surface area contributed by atoms with Gasteiger partial charge in [0.15, 0.2) is 0 Å². The molecule has 0 unspecified atom stereocenters. The third-order valence-electron chi connectivity index (χ3n) is 4.76. The third kappa shape index (κ3) is 3.64. The van der Waals surface area contributed by atoms with E-state index >= 15 is 0 Å². The number of nitrogens with one attached hydrogen (secondary N) is 1. The fraction of sp³-hybridized carbons (Fsp3) is 0.429. The highest BCUT2D eigenvalue weighted by Crippen LogP contribution is 2.33. The lowest BCUT2D eigenvalue weighted by molar-refractivity contribution is 0.159. The Labute approximate surface area is 163 Å². The molecule has 0 saturated carbocycles. The molecule has 0 radical (unpaired) electrons. The Morgan fingerprint density at radius 3 is 3.19 bits per heavy atom. The molecule has 0 fully saturated rings. The Morgan fingerprint density at radius 1 is 1.35 bits per heavy atom. The highest BCUT2D eigenvalue weighted by Gasteiger charge is 2.27. The van der Waals surface area contributed by atoms with Crippen molar-refractivity contribution in [3.8, 4) is 0 Å². The summed E-state index contributed by atoms with van der Waals surface area (Å²) >= 11 is 0. The van der Waals surface area contributed by atoms with E-state index in [1.165, 1.54) is 0 Å². The van der Waals surface area contributed by atoms with Crippen LogP contribution in [0.2, 0.25) is 0 Å². The van der Waals surface area contributed by atoms with Crippen LogP contribution in [0.1, 0.15) is 57.0 Å². The molecule has 1 atom stereocenters. The summed E-state index contributed by atoms with van der Waals surface area (Å²) in [6.07, 6.45) is 3.00. The van der Waals surface area contributed by atoms with Gasteiger partial charge in [-0.3, -0.25) is 9.88 Å². The highest BCUT2D eigenvalue weighted by molar-refractivity contribution is 5.74. The zero-order chi connectivity index (χ0) is 23.0. The molecule has 1 aromatic carbocycles. The fourth-order valence-corrected chi connectivity index (χ4v) is 3.53. The number of rotatable bonds is 7. The largest absolute Gasteiger partial charge is 0.341 e. The lowest BCUT2D eigenvalue weighted by Crippen LogP contribution is -2.33. The van der Waals surface area contributed by atoms with Crippen LogP contribution in [0.25, 0.3) is 11.0 Å². The molecule has 0 bridgehead atoms. The SMILES string of the molecule is [2H]c1c([2H])c([2H])c2[nH]c(CN(CCCCN)[C@H]3CCC([2H])([2H])c4cccnc43)nc2c1[2H]. The van der Waals surface area contributed by atoms with E-state index in [1.54, 1.807) is 18.3 Å². The average molecular weight is 356 g/mol. The number of benzene rings is 1. The van der Waals surface area contributed by atoms with E-state index in [-0.39, 0.29) is 35.7 Å². The van der Waals surface area contributed by atoms with Gasteiger partial charge >= 0.3 is 0 Å². The number of pyridine rings is 1. The smallest absolute Gasteiger partial charge is 0.121 e. The Bertz CT molecular complexity index is 1090. The van der Waals surface area contributed by atoms with Crippen LogP contribution in [0.15, 0.2) is 42.5 Å². The zero-order valence-electron chi connectivity index (χ0n) is 20.7. The minimum atomic E-state index is -1.42. The summed E-state index contributed by atoms with van der Waals surface area (Å²) < 4.78 is 48.9. The molecule has 5 nitrogen and oxygen atoms in total. The van der Waals surface area contributed by atoms with E-state index in [0.717, 1.165) is 18.5 Å². The number of unbranched alkanes of at least 4 members (excludes halogenated alkanes) is 1. The van der Waals surface area contributed by atoms with Gasteiger partial charge in [0.05, 0.1) is 34.8 Å². The summed E-state index contributed by atoms with van der Waals surface area (Å²) in [5, 5.41) is 0. The van der Waals surface area contributed by atoms with Crippen molar-refractivity contribution in [3.63, 3.8) is 0 Å². The monoisotopic (exact) mass is 355 g/mol. The minimum absolute atomic E-state index is 0.0922. The second kappa shape index (κ2) is 7.98. The number of nitrogens with zero attached hydrogens (tertiary/aromatic N) is 3. The van der Waals surface area contributed by atoms with E-state index in [1.807, 2.05) is 0 Å². The minimum Gasteiger partial charge on any atom is -0.341 e. The summed E-state index contributed by atoms with van der Waals surface area (Å²) in [6.45, 7) is 1.69. The maximum absolute atomic E-state index is 8.38. The topological polar surface area (TPSA) is 70.8 Å². The van der Waals surface area contributed by atoms with Gasteiger partial charge in [-0.05, 0) is 68.9 Å². The number of nitrogens with two attached hydrogens (primary N) is 1. The number of aromatic amines is 1. The Balaban J connectivity index is 1.71. The molecule has 0 aliphatic heterocycles. The number of hydrogen-bond acceptors (Lipinski definition) is 4. The van der Waals surface area contributed by atoms with Gasteiger partial charge in [0, 0.05) is 8.94 Å². The lowest BCUT2D eigenvalue weighted by atomic mass is 9.90. The molecule has 1 aliphatic rings. The number of H-pyrrole nitrogens is 1. The summed E-state index contributed by atoms with van der Waals surface area (Å²) in [5.74, 6) is 0.547.